The van der Waals surface area contributed by atoms with Gasteiger partial charge in [0.25, 0.3) is 0 Å². The fourth-order valence-corrected chi connectivity index (χ4v) is 1.54. The van der Waals surface area contributed by atoms with Crippen LogP contribution in [0.4, 0.5) is 4.79 Å². The van der Waals surface area contributed by atoms with Crippen LogP contribution in [0.2, 0.25) is 0 Å². The molecule has 3 heteroatoms. The second-order valence-electron chi connectivity index (χ2n) is 5.61. The molecule has 0 aliphatic rings. The van der Waals surface area contributed by atoms with Crippen LogP contribution in [0.1, 0.15) is 48.5 Å². The molecule has 0 unspecified atom stereocenters. The van der Waals surface area contributed by atoms with Crippen molar-refractivity contribution in [3.63, 3.8) is 0 Å². The van der Waals surface area contributed by atoms with Gasteiger partial charge in [0.2, 0.25) is 0 Å². The number of nitrogens with zero attached hydrogens (tertiary/aromatic N) is 1. The summed E-state index contributed by atoms with van der Waals surface area (Å²) in [5.74, 6) is 0. The summed E-state index contributed by atoms with van der Waals surface area (Å²) in [6.07, 6.45) is 0. The van der Waals surface area contributed by atoms with Crippen LogP contribution in [0.5, 0.6) is 0 Å². The molecule has 2 amide bonds. The monoisotopic (exact) mass is 200 g/mol. The minimum Gasteiger partial charge on any atom is -0.351 e. The van der Waals surface area contributed by atoms with E-state index in [1.54, 1.807) is 4.90 Å². The number of primary amides is 1. The third kappa shape index (κ3) is 2.40. The first-order chi connectivity index (χ1) is 6.01. The predicted molar refractivity (Wildman–Crippen MR) is 60.1 cm³/mol. The van der Waals surface area contributed by atoms with E-state index in [4.69, 9.17) is 5.73 Å². The first-order valence-corrected chi connectivity index (χ1v) is 5.10. The maximum Gasteiger partial charge on any atom is 0.315 e. The lowest BCUT2D eigenvalue weighted by atomic mass is 9.74. The van der Waals surface area contributed by atoms with Crippen molar-refractivity contribution >= 4 is 6.03 Å². The predicted octanol–water partition coefficient (Wildman–Crippen LogP) is 2.60. The van der Waals surface area contributed by atoms with Gasteiger partial charge in [-0.3, -0.25) is 0 Å². The van der Waals surface area contributed by atoms with Crippen molar-refractivity contribution in [3.8, 4) is 0 Å². The minimum absolute atomic E-state index is 0.00625. The Labute approximate surface area is 87.6 Å². The van der Waals surface area contributed by atoms with Crippen molar-refractivity contribution in [1.82, 2.24) is 4.90 Å². The standard InChI is InChI=1S/C11H24N2O/c1-8(2)13(9(12)14)11(6,7)10(3,4)5/h8H,1-7H3,(H2,12,14). The summed E-state index contributed by atoms with van der Waals surface area (Å²) in [7, 11) is 0. The highest BCUT2D eigenvalue weighted by molar-refractivity contribution is 5.73. The van der Waals surface area contributed by atoms with Crippen molar-refractivity contribution in [3.05, 3.63) is 0 Å². The molecule has 0 heterocycles. The molecule has 0 saturated carbocycles. The summed E-state index contributed by atoms with van der Waals surface area (Å²) in [6.45, 7) is 14.4. The van der Waals surface area contributed by atoms with Gasteiger partial charge in [0.05, 0.1) is 0 Å². The highest BCUT2D eigenvalue weighted by Gasteiger charge is 2.41. The average Bonchev–Trinajstić information content (AvgIpc) is 1.79. The Morgan fingerprint density at radius 2 is 1.50 bits per heavy atom. The third-order valence-electron chi connectivity index (χ3n) is 3.19. The Bertz CT molecular complexity index is 214. The molecule has 0 bridgehead atoms. The Morgan fingerprint density at radius 1 is 1.14 bits per heavy atom. The summed E-state index contributed by atoms with van der Waals surface area (Å²) in [5.41, 5.74) is 5.17. The zero-order valence-electron chi connectivity index (χ0n) is 10.5. The van der Waals surface area contributed by atoms with Crippen molar-refractivity contribution in [2.24, 2.45) is 11.1 Å². The summed E-state index contributed by atoms with van der Waals surface area (Å²) < 4.78 is 0. The fourth-order valence-electron chi connectivity index (χ4n) is 1.54. The number of amides is 2. The summed E-state index contributed by atoms with van der Waals surface area (Å²) in [4.78, 5) is 13.1. The molecular formula is C11H24N2O. The minimum atomic E-state index is -0.347. The van der Waals surface area contributed by atoms with Crippen LogP contribution in [-0.4, -0.2) is 22.5 Å². The van der Waals surface area contributed by atoms with Crippen LogP contribution in [0, 0.1) is 5.41 Å². The number of hydrogen-bond donors (Lipinski definition) is 1. The van der Waals surface area contributed by atoms with E-state index in [1.165, 1.54) is 0 Å². The van der Waals surface area contributed by atoms with Crippen molar-refractivity contribution in [2.75, 3.05) is 0 Å². The second kappa shape index (κ2) is 3.79. The topological polar surface area (TPSA) is 46.3 Å². The molecule has 0 saturated heterocycles. The Kier molecular flexibility index (Phi) is 3.60. The lowest BCUT2D eigenvalue weighted by Crippen LogP contribution is -2.59. The van der Waals surface area contributed by atoms with Crippen molar-refractivity contribution < 1.29 is 4.79 Å². The van der Waals surface area contributed by atoms with Crippen LogP contribution in [0.15, 0.2) is 0 Å². The molecule has 0 aromatic rings. The highest BCUT2D eigenvalue weighted by Crippen LogP contribution is 2.36. The molecule has 0 aromatic carbocycles. The molecule has 0 aliphatic carbocycles. The molecule has 14 heavy (non-hydrogen) atoms. The summed E-state index contributed by atoms with van der Waals surface area (Å²) in [6, 6.07) is -0.221. The van der Waals surface area contributed by atoms with Crippen molar-refractivity contribution in [1.29, 1.82) is 0 Å². The van der Waals surface area contributed by atoms with Crippen LogP contribution >= 0.6 is 0 Å². The van der Waals surface area contributed by atoms with Gasteiger partial charge in [-0.05, 0) is 33.1 Å². The van der Waals surface area contributed by atoms with Gasteiger partial charge < -0.3 is 10.6 Å². The molecule has 2 N–H and O–H groups in total. The van der Waals surface area contributed by atoms with Gasteiger partial charge in [-0.15, -0.1) is 0 Å². The number of carbonyl (C=O) groups is 1. The van der Waals surface area contributed by atoms with E-state index in [9.17, 15) is 4.79 Å². The quantitative estimate of drug-likeness (QED) is 0.731. The first-order valence-electron chi connectivity index (χ1n) is 5.10. The zero-order chi connectivity index (χ0) is 11.7. The Hall–Kier alpha value is -0.730. The van der Waals surface area contributed by atoms with Gasteiger partial charge in [0.15, 0.2) is 0 Å². The van der Waals surface area contributed by atoms with E-state index < -0.39 is 0 Å². The number of hydrogen-bond acceptors (Lipinski definition) is 1. The lowest BCUT2D eigenvalue weighted by Gasteiger charge is -2.49. The largest absolute Gasteiger partial charge is 0.351 e. The van der Waals surface area contributed by atoms with E-state index in [0.717, 1.165) is 0 Å². The number of rotatable bonds is 2. The van der Waals surface area contributed by atoms with Gasteiger partial charge in [-0.25, -0.2) is 4.79 Å². The molecule has 84 valence electrons. The highest BCUT2D eigenvalue weighted by atomic mass is 16.2. The first kappa shape index (κ1) is 13.3. The fraction of sp³-hybridized carbons (Fsp3) is 0.909. The second-order valence-corrected chi connectivity index (χ2v) is 5.61. The van der Waals surface area contributed by atoms with E-state index >= 15 is 0 Å². The zero-order valence-corrected chi connectivity index (χ0v) is 10.5. The maximum absolute atomic E-state index is 11.4. The summed E-state index contributed by atoms with van der Waals surface area (Å²) in [5, 5.41) is 0. The smallest absolute Gasteiger partial charge is 0.315 e. The SMILES string of the molecule is CC(C)N(C(N)=O)C(C)(C)C(C)(C)C. The molecule has 0 rings (SSSR count). The third-order valence-corrected chi connectivity index (χ3v) is 3.19. The molecule has 0 radical (unpaired) electrons. The number of urea groups is 1. The van der Waals surface area contributed by atoms with Gasteiger partial charge in [-0.2, -0.15) is 0 Å². The molecule has 3 nitrogen and oxygen atoms in total. The summed E-state index contributed by atoms with van der Waals surface area (Å²) >= 11 is 0. The molecule has 0 fully saturated rings. The Balaban J connectivity index is 5.11. The van der Waals surface area contributed by atoms with E-state index in [2.05, 4.69) is 34.6 Å². The van der Waals surface area contributed by atoms with Crippen LogP contribution in [-0.2, 0) is 0 Å². The molecule has 0 aromatic heterocycles. The normalized spacial score (nSPS) is 13.1. The molecule has 0 atom stereocenters. The average molecular weight is 200 g/mol. The van der Waals surface area contributed by atoms with Gasteiger partial charge in [0.1, 0.15) is 0 Å². The van der Waals surface area contributed by atoms with Gasteiger partial charge >= 0.3 is 6.03 Å². The van der Waals surface area contributed by atoms with E-state index in [0.29, 0.717) is 0 Å². The number of nitrogens with two attached hydrogens (primary N) is 1. The molecule has 0 spiro atoms. The number of carbonyl (C=O) groups excluding carboxylic acids is 1. The van der Waals surface area contributed by atoms with Crippen molar-refractivity contribution in [2.45, 2.75) is 60.0 Å². The Morgan fingerprint density at radius 3 is 1.57 bits per heavy atom. The van der Waals surface area contributed by atoms with Crippen LogP contribution in [0.3, 0.4) is 0 Å². The van der Waals surface area contributed by atoms with Gasteiger partial charge in [-0.1, -0.05) is 20.8 Å². The van der Waals surface area contributed by atoms with E-state index in [1.807, 2.05) is 13.8 Å². The molecule has 0 aliphatic heterocycles. The lowest BCUT2D eigenvalue weighted by molar-refractivity contribution is 0.0342. The van der Waals surface area contributed by atoms with E-state index in [-0.39, 0.29) is 23.0 Å². The van der Waals surface area contributed by atoms with Crippen LogP contribution < -0.4 is 5.73 Å². The van der Waals surface area contributed by atoms with Gasteiger partial charge in [0, 0.05) is 11.6 Å². The van der Waals surface area contributed by atoms with Crippen LogP contribution in [0.25, 0.3) is 0 Å². The maximum atomic E-state index is 11.4. The molecular weight excluding hydrogens is 176 g/mol.